The van der Waals surface area contributed by atoms with Crippen molar-refractivity contribution in [1.29, 1.82) is 0 Å². The van der Waals surface area contributed by atoms with Crippen LogP contribution in [-0.2, 0) is 12.8 Å². The van der Waals surface area contributed by atoms with Gasteiger partial charge < -0.3 is 5.32 Å². The van der Waals surface area contributed by atoms with E-state index in [0.717, 1.165) is 38.8 Å². The van der Waals surface area contributed by atoms with Gasteiger partial charge in [0.05, 0.1) is 0 Å². The van der Waals surface area contributed by atoms with E-state index in [9.17, 15) is 0 Å². The summed E-state index contributed by atoms with van der Waals surface area (Å²) in [6, 6.07) is 17.5. The molecule has 0 fully saturated rings. The maximum absolute atomic E-state index is 4.41. The highest BCUT2D eigenvalue weighted by Crippen LogP contribution is 2.25. The van der Waals surface area contributed by atoms with Crippen LogP contribution in [0.1, 0.15) is 35.1 Å². The molecule has 0 aromatic heterocycles. The van der Waals surface area contributed by atoms with E-state index < -0.39 is 0 Å². The molecule has 0 saturated heterocycles. The predicted molar refractivity (Wildman–Crippen MR) is 108 cm³/mol. The molecule has 0 amide bonds. The summed E-state index contributed by atoms with van der Waals surface area (Å²) in [5.41, 5.74) is 8.32. The van der Waals surface area contributed by atoms with Crippen LogP contribution in [0.25, 0.3) is 5.57 Å². The molecule has 1 heterocycles. The van der Waals surface area contributed by atoms with E-state index in [0.29, 0.717) is 0 Å². The van der Waals surface area contributed by atoms with Gasteiger partial charge in [-0.15, -0.1) is 0 Å². The van der Waals surface area contributed by atoms with Crippen LogP contribution in [-0.4, -0.2) is 37.5 Å². The molecule has 130 valence electrons. The molecule has 0 unspecified atom stereocenters. The molecule has 2 aromatic rings. The topological polar surface area (TPSA) is 15.0 Å². The first-order chi connectivity index (χ1) is 12.2. The lowest BCUT2D eigenvalue weighted by Gasteiger charge is -2.17. The van der Waals surface area contributed by atoms with Gasteiger partial charge in [-0.2, -0.15) is 0 Å². The second kappa shape index (κ2) is 8.26. The minimum Gasteiger partial charge on any atom is -0.319 e. The van der Waals surface area contributed by atoms with Gasteiger partial charge in [-0.05, 0) is 54.8 Å². The molecule has 2 nitrogen and oxygen atoms in total. The Hall–Kier alpha value is -2.19. The lowest BCUT2D eigenvalue weighted by molar-refractivity contribution is -0.499. The van der Waals surface area contributed by atoms with E-state index in [1.54, 1.807) is 0 Å². The number of fused-ring (bicyclic) bond motifs is 1. The van der Waals surface area contributed by atoms with E-state index in [1.165, 1.54) is 33.5 Å². The summed E-state index contributed by atoms with van der Waals surface area (Å²) in [6.45, 7) is 6.51. The smallest absolute Gasteiger partial charge is 0.183 e. The first kappa shape index (κ1) is 17.6. The maximum Gasteiger partial charge on any atom is 0.183 e. The van der Waals surface area contributed by atoms with E-state index in [2.05, 4.69) is 72.0 Å². The minimum absolute atomic E-state index is 0.998. The quantitative estimate of drug-likeness (QED) is 0.759. The van der Waals surface area contributed by atoms with E-state index in [4.69, 9.17) is 0 Å². The van der Waals surface area contributed by atoms with Gasteiger partial charge in [0.15, 0.2) is 5.71 Å². The van der Waals surface area contributed by atoms with Gasteiger partial charge in [-0.3, -0.25) is 0 Å². The van der Waals surface area contributed by atoms with E-state index in [-0.39, 0.29) is 0 Å². The van der Waals surface area contributed by atoms with Crippen molar-refractivity contribution < 1.29 is 4.58 Å². The molecule has 25 heavy (non-hydrogen) atoms. The van der Waals surface area contributed by atoms with Crippen LogP contribution >= 0.6 is 0 Å². The maximum atomic E-state index is 4.41. The second-order valence-electron chi connectivity index (χ2n) is 6.89. The van der Waals surface area contributed by atoms with Crippen molar-refractivity contribution in [2.75, 3.05) is 27.2 Å². The van der Waals surface area contributed by atoms with Crippen LogP contribution in [0.2, 0.25) is 0 Å². The molecular weight excluding hydrogens is 304 g/mol. The number of likely N-dealkylation sites (N-methyl/N-ethyl adjacent to an activating group) is 2. The fourth-order valence-corrected chi connectivity index (χ4v) is 3.72. The molecule has 3 rings (SSSR count). The Kier molecular flexibility index (Phi) is 5.83. The van der Waals surface area contributed by atoms with Gasteiger partial charge in [0.25, 0.3) is 0 Å². The average Bonchev–Trinajstić information content (AvgIpc) is 2.65. The van der Waals surface area contributed by atoms with Crippen molar-refractivity contribution in [1.82, 2.24) is 5.32 Å². The minimum atomic E-state index is 0.998. The van der Waals surface area contributed by atoms with E-state index in [1.807, 2.05) is 7.05 Å². The van der Waals surface area contributed by atoms with Crippen LogP contribution in [0.3, 0.4) is 0 Å². The molecule has 1 N–H and O–H groups in total. The van der Waals surface area contributed by atoms with Crippen LogP contribution < -0.4 is 5.32 Å². The fraction of sp³-hybridized carbons (Fsp3) is 0.348. The Labute approximate surface area is 151 Å². The molecule has 0 saturated carbocycles. The molecule has 2 aromatic carbocycles. The molecule has 0 spiro atoms. The molecule has 2 heteroatoms. The Morgan fingerprint density at radius 3 is 2.68 bits per heavy atom. The second-order valence-corrected chi connectivity index (χ2v) is 6.89. The summed E-state index contributed by atoms with van der Waals surface area (Å²) in [5, 5.41) is 3.24. The SMILES string of the molecule is C=C(CCC1=[N+](C)CCc2ccccc21)c1ccccc1CCNC. The van der Waals surface area contributed by atoms with Gasteiger partial charge in [0.1, 0.15) is 13.6 Å². The Balaban J connectivity index is 1.75. The molecule has 0 radical (unpaired) electrons. The Morgan fingerprint density at radius 1 is 1.08 bits per heavy atom. The predicted octanol–water partition coefficient (Wildman–Crippen LogP) is 3.93. The standard InChI is InChI=1S/C23H29N2/c1-18(21-10-6-4-8-19(21)14-16-24-2)12-13-23-22-11-7-5-9-20(22)15-17-25(23)3/h4-11,24H,1,12-17H2,2-3H3/q+1. The Morgan fingerprint density at radius 2 is 1.84 bits per heavy atom. The third-order valence-electron chi connectivity index (χ3n) is 5.21. The zero-order valence-corrected chi connectivity index (χ0v) is 15.5. The lowest BCUT2D eigenvalue weighted by atomic mass is 9.90. The zero-order valence-electron chi connectivity index (χ0n) is 15.5. The number of hydrogen-bond donors (Lipinski definition) is 1. The summed E-state index contributed by atoms with van der Waals surface area (Å²) >= 11 is 0. The third-order valence-corrected chi connectivity index (χ3v) is 5.21. The lowest BCUT2D eigenvalue weighted by Crippen LogP contribution is -2.27. The van der Waals surface area contributed by atoms with Crippen molar-refractivity contribution in [2.24, 2.45) is 0 Å². The van der Waals surface area contributed by atoms with Gasteiger partial charge in [0, 0.05) is 18.4 Å². The van der Waals surface area contributed by atoms with Gasteiger partial charge >= 0.3 is 0 Å². The number of allylic oxidation sites excluding steroid dienone is 1. The van der Waals surface area contributed by atoms with Crippen LogP contribution in [0, 0.1) is 0 Å². The number of benzene rings is 2. The molecular formula is C23H29N2+. The molecule has 1 aliphatic heterocycles. The first-order valence-corrected chi connectivity index (χ1v) is 9.26. The van der Waals surface area contributed by atoms with E-state index >= 15 is 0 Å². The summed E-state index contributed by atoms with van der Waals surface area (Å²) in [7, 11) is 4.22. The number of rotatable bonds is 7. The molecule has 1 aliphatic rings. The van der Waals surface area contributed by atoms with Crippen molar-refractivity contribution in [3.8, 4) is 0 Å². The summed E-state index contributed by atoms with van der Waals surface area (Å²) in [4.78, 5) is 0. The van der Waals surface area contributed by atoms with Crippen molar-refractivity contribution >= 4 is 11.3 Å². The highest BCUT2D eigenvalue weighted by molar-refractivity contribution is 5.99. The third kappa shape index (κ3) is 4.08. The largest absolute Gasteiger partial charge is 0.319 e. The normalized spacial score (nSPS) is 13.7. The van der Waals surface area contributed by atoms with Crippen LogP contribution in [0.15, 0.2) is 55.1 Å². The van der Waals surface area contributed by atoms with Gasteiger partial charge in [0.2, 0.25) is 0 Å². The molecule has 0 atom stereocenters. The molecule has 0 bridgehead atoms. The fourth-order valence-electron chi connectivity index (χ4n) is 3.72. The average molecular weight is 333 g/mol. The highest BCUT2D eigenvalue weighted by Gasteiger charge is 2.22. The molecule has 0 aliphatic carbocycles. The number of hydrogen-bond acceptors (Lipinski definition) is 1. The summed E-state index contributed by atoms with van der Waals surface area (Å²) in [6.07, 6.45) is 4.24. The van der Waals surface area contributed by atoms with Crippen molar-refractivity contribution in [3.05, 3.63) is 77.4 Å². The van der Waals surface area contributed by atoms with Gasteiger partial charge in [-0.1, -0.05) is 49.0 Å². The monoisotopic (exact) mass is 333 g/mol. The highest BCUT2D eigenvalue weighted by atomic mass is 15.0. The van der Waals surface area contributed by atoms with Crippen molar-refractivity contribution in [2.45, 2.75) is 25.7 Å². The van der Waals surface area contributed by atoms with Crippen LogP contribution in [0.4, 0.5) is 0 Å². The van der Waals surface area contributed by atoms with Crippen molar-refractivity contribution in [3.63, 3.8) is 0 Å². The Bertz CT molecular complexity index is 786. The number of nitrogens with one attached hydrogen (secondary N) is 1. The summed E-state index contributed by atoms with van der Waals surface area (Å²) < 4.78 is 2.42. The summed E-state index contributed by atoms with van der Waals surface area (Å²) in [5.74, 6) is 0. The zero-order chi connectivity index (χ0) is 17.6. The first-order valence-electron chi connectivity index (χ1n) is 9.26. The van der Waals surface area contributed by atoms with Crippen LogP contribution in [0.5, 0.6) is 0 Å². The number of nitrogens with zero attached hydrogens (tertiary/aromatic N) is 1. The van der Waals surface area contributed by atoms with Gasteiger partial charge in [-0.25, -0.2) is 4.58 Å².